The number of aromatic nitrogens is 3. The third-order valence-corrected chi connectivity index (χ3v) is 7.61. The second-order valence-electron chi connectivity index (χ2n) is 8.54. The summed E-state index contributed by atoms with van der Waals surface area (Å²) in [6.07, 6.45) is 6.80. The Kier molecular flexibility index (Phi) is 4.79. The molecule has 0 aliphatic heterocycles. The molecule has 5 rings (SSSR count). The van der Waals surface area contributed by atoms with Crippen molar-refractivity contribution in [1.29, 1.82) is 5.26 Å². The van der Waals surface area contributed by atoms with E-state index in [9.17, 15) is 18.1 Å². The molecule has 2 aliphatic rings. The van der Waals surface area contributed by atoms with Crippen LogP contribution in [0.4, 0.5) is 4.39 Å². The number of nitrogens with one attached hydrogen (secondary N) is 1. The van der Waals surface area contributed by atoms with Crippen molar-refractivity contribution in [1.82, 2.24) is 19.3 Å². The molecule has 0 radical (unpaired) electrons. The van der Waals surface area contributed by atoms with Crippen molar-refractivity contribution >= 4 is 20.9 Å². The van der Waals surface area contributed by atoms with Gasteiger partial charge in [0.25, 0.3) is 0 Å². The normalized spacial score (nSPS) is 17.6. The number of rotatable bonds is 7. The van der Waals surface area contributed by atoms with Gasteiger partial charge in [0.1, 0.15) is 22.5 Å². The first-order chi connectivity index (χ1) is 14.9. The van der Waals surface area contributed by atoms with Crippen molar-refractivity contribution in [3.63, 3.8) is 0 Å². The largest absolute Gasteiger partial charge is 0.336 e. The van der Waals surface area contributed by atoms with E-state index in [1.54, 1.807) is 6.07 Å². The van der Waals surface area contributed by atoms with E-state index >= 15 is 0 Å². The van der Waals surface area contributed by atoms with Gasteiger partial charge in [-0.15, -0.1) is 0 Å². The molecule has 1 atom stereocenters. The highest BCUT2D eigenvalue weighted by molar-refractivity contribution is 7.89. The van der Waals surface area contributed by atoms with Crippen molar-refractivity contribution in [2.45, 2.75) is 50.1 Å². The maximum Gasteiger partial charge on any atom is 0.243 e. The standard InChI is InChI=1S/C22H22FN5O2S/c1-13(15-4-5-15)27-31(29,30)17-10-25-22(26-11-17)21-19(9-24)18-8-16(23)6-7-20(18)28(21)12-14-2-3-14/h6-8,10-11,13-15,27H,2-5,12H2,1H3/t13-/m0/s1. The Bertz CT molecular complexity index is 1300. The molecular weight excluding hydrogens is 417 g/mol. The minimum atomic E-state index is -3.72. The SMILES string of the molecule is C[C@H](NS(=O)(=O)c1cnc(-c2c(C#N)c3cc(F)ccc3n2CC2CC2)nc1)C1CC1. The fourth-order valence-corrected chi connectivity index (χ4v) is 5.20. The first kappa shape index (κ1) is 20.1. The molecule has 0 amide bonds. The molecule has 1 aromatic carbocycles. The smallest absolute Gasteiger partial charge is 0.243 e. The van der Waals surface area contributed by atoms with E-state index in [1.807, 2.05) is 11.5 Å². The van der Waals surface area contributed by atoms with Crippen molar-refractivity contribution in [3.8, 4) is 17.6 Å². The molecule has 0 bridgehead atoms. The average Bonchev–Trinajstić information content (AvgIpc) is 3.65. The molecule has 0 unspecified atom stereocenters. The zero-order chi connectivity index (χ0) is 21.8. The van der Waals surface area contributed by atoms with Crippen LogP contribution < -0.4 is 4.72 Å². The lowest BCUT2D eigenvalue weighted by Crippen LogP contribution is -2.34. The van der Waals surface area contributed by atoms with Gasteiger partial charge in [0.15, 0.2) is 5.82 Å². The van der Waals surface area contributed by atoms with Gasteiger partial charge in [0.05, 0.1) is 23.5 Å². The summed E-state index contributed by atoms with van der Waals surface area (Å²) in [6, 6.07) is 6.43. The van der Waals surface area contributed by atoms with Crippen molar-refractivity contribution < 1.29 is 12.8 Å². The molecular formula is C22H22FN5O2S. The number of hydrogen-bond acceptors (Lipinski definition) is 5. The Hall–Kier alpha value is -2.83. The van der Waals surface area contributed by atoms with Gasteiger partial charge >= 0.3 is 0 Å². The molecule has 31 heavy (non-hydrogen) atoms. The quantitative estimate of drug-likeness (QED) is 0.606. The van der Waals surface area contributed by atoms with Crippen molar-refractivity contribution in [3.05, 3.63) is 42.0 Å². The summed E-state index contributed by atoms with van der Waals surface area (Å²) in [5.41, 5.74) is 1.55. The van der Waals surface area contributed by atoms with Gasteiger partial charge in [-0.1, -0.05) is 0 Å². The number of fused-ring (bicyclic) bond motifs is 1. The molecule has 0 spiro atoms. The van der Waals surface area contributed by atoms with Crippen LogP contribution in [0.3, 0.4) is 0 Å². The number of hydrogen-bond donors (Lipinski definition) is 1. The number of nitriles is 1. The van der Waals surface area contributed by atoms with E-state index < -0.39 is 15.8 Å². The maximum absolute atomic E-state index is 13.9. The van der Waals surface area contributed by atoms with E-state index in [0.29, 0.717) is 35.0 Å². The maximum atomic E-state index is 13.9. The fraction of sp³-hybridized carbons (Fsp3) is 0.409. The Balaban J connectivity index is 1.56. The predicted molar refractivity (Wildman–Crippen MR) is 113 cm³/mol. The fourth-order valence-electron chi connectivity index (χ4n) is 4.00. The second-order valence-corrected chi connectivity index (χ2v) is 10.3. The minimum Gasteiger partial charge on any atom is -0.336 e. The molecule has 2 saturated carbocycles. The Morgan fingerprint density at radius 3 is 2.58 bits per heavy atom. The van der Waals surface area contributed by atoms with Gasteiger partial charge in [-0.05, 0) is 62.6 Å². The summed E-state index contributed by atoms with van der Waals surface area (Å²) in [4.78, 5) is 8.59. The molecule has 2 fully saturated rings. The lowest BCUT2D eigenvalue weighted by Gasteiger charge is -2.13. The van der Waals surface area contributed by atoms with Crippen LogP contribution in [0, 0.1) is 29.0 Å². The van der Waals surface area contributed by atoms with E-state index in [1.165, 1.54) is 24.5 Å². The lowest BCUT2D eigenvalue weighted by molar-refractivity contribution is 0.537. The molecule has 160 valence electrons. The second kappa shape index (κ2) is 7.39. The number of nitrogens with zero attached hydrogens (tertiary/aromatic N) is 4. The van der Waals surface area contributed by atoms with Crippen LogP contribution >= 0.6 is 0 Å². The number of benzene rings is 1. The lowest BCUT2D eigenvalue weighted by atomic mass is 10.1. The number of sulfonamides is 1. The highest BCUT2D eigenvalue weighted by Crippen LogP contribution is 2.38. The first-order valence-electron chi connectivity index (χ1n) is 10.4. The van der Waals surface area contributed by atoms with Crippen LogP contribution in [-0.2, 0) is 16.6 Å². The van der Waals surface area contributed by atoms with Crippen LogP contribution in [0.2, 0.25) is 0 Å². The molecule has 1 N–H and O–H groups in total. The minimum absolute atomic E-state index is 0.0156. The summed E-state index contributed by atoms with van der Waals surface area (Å²) in [5, 5.41) is 10.3. The van der Waals surface area contributed by atoms with Crippen LogP contribution in [0.15, 0.2) is 35.5 Å². The summed E-state index contributed by atoms with van der Waals surface area (Å²) in [6.45, 7) is 2.54. The molecule has 0 saturated heterocycles. The highest BCUT2D eigenvalue weighted by Gasteiger charge is 2.32. The summed E-state index contributed by atoms with van der Waals surface area (Å²) in [5.74, 6) is 0.714. The van der Waals surface area contributed by atoms with Crippen molar-refractivity contribution in [2.24, 2.45) is 11.8 Å². The molecule has 9 heteroatoms. The molecule has 2 aromatic heterocycles. The van der Waals surface area contributed by atoms with Gasteiger partial charge in [0.2, 0.25) is 10.0 Å². The van der Waals surface area contributed by atoms with E-state index in [2.05, 4.69) is 20.8 Å². The van der Waals surface area contributed by atoms with Crippen LogP contribution in [-0.4, -0.2) is 29.0 Å². The summed E-state index contributed by atoms with van der Waals surface area (Å²) in [7, 11) is -3.72. The van der Waals surface area contributed by atoms with Crippen LogP contribution in [0.25, 0.3) is 22.4 Å². The third kappa shape index (κ3) is 3.82. The van der Waals surface area contributed by atoms with Gasteiger partial charge in [-0.3, -0.25) is 0 Å². The zero-order valence-corrected chi connectivity index (χ0v) is 17.9. The topological polar surface area (TPSA) is 101 Å². The predicted octanol–water partition coefficient (Wildman–Crippen LogP) is 3.60. The van der Waals surface area contributed by atoms with E-state index in [4.69, 9.17) is 0 Å². The average molecular weight is 440 g/mol. The Morgan fingerprint density at radius 2 is 1.97 bits per heavy atom. The number of halogens is 1. The first-order valence-corrected chi connectivity index (χ1v) is 11.9. The van der Waals surface area contributed by atoms with Gasteiger partial charge in [0, 0.05) is 18.0 Å². The monoisotopic (exact) mass is 439 g/mol. The van der Waals surface area contributed by atoms with Gasteiger partial charge < -0.3 is 4.57 Å². The van der Waals surface area contributed by atoms with Crippen LogP contribution in [0.5, 0.6) is 0 Å². The zero-order valence-electron chi connectivity index (χ0n) is 17.0. The van der Waals surface area contributed by atoms with Gasteiger partial charge in [-0.25, -0.2) is 27.5 Å². The Labute approximate surface area is 180 Å². The molecule has 3 aromatic rings. The third-order valence-electron chi connectivity index (χ3n) is 6.10. The highest BCUT2D eigenvalue weighted by atomic mass is 32.2. The summed E-state index contributed by atoms with van der Waals surface area (Å²) < 4.78 is 43.8. The summed E-state index contributed by atoms with van der Waals surface area (Å²) >= 11 is 0. The molecule has 2 heterocycles. The Morgan fingerprint density at radius 1 is 1.26 bits per heavy atom. The van der Waals surface area contributed by atoms with E-state index in [-0.39, 0.29) is 16.8 Å². The van der Waals surface area contributed by atoms with Crippen LogP contribution in [0.1, 0.15) is 38.2 Å². The molecule has 2 aliphatic carbocycles. The van der Waals surface area contributed by atoms with Gasteiger partial charge in [-0.2, -0.15) is 5.26 Å². The van der Waals surface area contributed by atoms with E-state index in [0.717, 1.165) is 31.2 Å². The molecule has 7 nitrogen and oxygen atoms in total. The van der Waals surface area contributed by atoms with Crippen molar-refractivity contribution in [2.75, 3.05) is 0 Å².